The Labute approximate surface area is 118 Å². The number of anilines is 1. The molecule has 2 aliphatic rings. The fourth-order valence-corrected chi connectivity index (χ4v) is 2.96. The summed E-state index contributed by atoms with van der Waals surface area (Å²) in [6.45, 7) is 3.10. The molecule has 2 heterocycles. The molecule has 0 radical (unpaired) electrons. The van der Waals surface area contributed by atoms with E-state index >= 15 is 0 Å². The zero-order chi connectivity index (χ0) is 14.1. The molecule has 1 unspecified atom stereocenters. The van der Waals surface area contributed by atoms with Crippen molar-refractivity contribution in [3.8, 4) is 0 Å². The maximum Gasteiger partial charge on any atom is 0.316 e. The molecule has 0 bridgehead atoms. The predicted octanol–water partition coefficient (Wildman–Crippen LogP) is 0.569. The molecule has 2 amide bonds. The van der Waals surface area contributed by atoms with Crippen LogP contribution in [0.3, 0.4) is 0 Å². The van der Waals surface area contributed by atoms with E-state index in [0.29, 0.717) is 19.0 Å². The summed E-state index contributed by atoms with van der Waals surface area (Å²) in [7, 11) is 1.67. The summed E-state index contributed by atoms with van der Waals surface area (Å²) in [4.78, 5) is 27.2. The molecule has 3 rings (SSSR count). The Kier molecular flexibility index (Phi) is 3.44. The molecular weight excluding hydrogens is 254 g/mol. The number of para-hydroxylation sites is 1. The van der Waals surface area contributed by atoms with Gasteiger partial charge in [0, 0.05) is 32.4 Å². The average Bonchev–Trinajstić information content (AvgIpc) is 2.99. The lowest BCUT2D eigenvalue weighted by Crippen LogP contribution is -2.53. The number of hydrogen-bond acceptors (Lipinski definition) is 3. The third-order valence-corrected chi connectivity index (χ3v) is 4.16. The summed E-state index contributed by atoms with van der Waals surface area (Å²) in [6, 6.07) is 7.95. The third-order valence-electron chi connectivity index (χ3n) is 4.16. The van der Waals surface area contributed by atoms with Crippen LogP contribution in [0.4, 0.5) is 5.69 Å². The highest BCUT2D eigenvalue weighted by Gasteiger charge is 2.33. The molecule has 2 fully saturated rings. The van der Waals surface area contributed by atoms with Crippen LogP contribution in [-0.2, 0) is 9.59 Å². The van der Waals surface area contributed by atoms with E-state index < -0.39 is 11.8 Å². The number of rotatable bonds is 2. The molecule has 1 aromatic carbocycles. The van der Waals surface area contributed by atoms with Gasteiger partial charge in [-0.25, -0.2) is 0 Å². The number of hydrogen-bond donors (Lipinski definition) is 1. The third kappa shape index (κ3) is 2.18. The molecule has 1 atom stereocenters. The van der Waals surface area contributed by atoms with Crippen LogP contribution >= 0.6 is 0 Å². The lowest BCUT2D eigenvalue weighted by molar-refractivity contribution is -0.145. The predicted molar refractivity (Wildman–Crippen MR) is 76.7 cm³/mol. The summed E-state index contributed by atoms with van der Waals surface area (Å²) in [5.74, 6) is -0.415. The van der Waals surface area contributed by atoms with Gasteiger partial charge in [0.1, 0.15) is 0 Å². The average molecular weight is 273 g/mol. The Morgan fingerprint density at radius 1 is 1.15 bits per heavy atom. The SMILES string of the molecule is CN1CCN(c2ccccc2C2CCNC2)C(=O)C1=O. The number of carbonyl (C=O) groups excluding carboxylic acids is 2. The second-order valence-electron chi connectivity index (χ2n) is 5.43. The largest absolute Gasteiger partial charge is 0.336 e. The zero-order valence-corrected chi connectivity index (χ0v) is 11.6. The zero-order valence-electron chi connectivity index (χ0n) is 11.6. The summed E-state index contributed by atoms with van der Waals surface area (Å²) < 4.78 is 0. The summed E-state index contributed by atoms with van der Waals surface area (Å²) >= 11 is 0. The lowest BCUT2D eigenvalue weighted by atomic mass is 9.95. The van der Waals surface area contributed by atoms with Gasteiger partial charge < -0.3 is 15.1 Å². The first kappa shape index (κ1) is 13.1. The van der Waals surface area contributed by atoms with Gasteiger partial charge in [0.15, 0.2) is 0 Å². The van der Waals surface area contributed by atoms with Crippen molar-refractivity contribution in [1.29, 1.82) is 0 Å². The van der Waals surface area contributed by atoms with Crippen molar-refractivity contribution >= 4 is 17.5 Å². The molecule has 1 aromatic rings. The van der Waals surface area contributed by atoms with Gasteiger partial charge in [0.25, 0.3) is 0 Å². The molecule has 0 aliphatic carbocycles. The van der Waals surface area contributed by atoms with E-state index in [1.54, 1.807) is 11.9 Å². The van der Waals surface area contributed by atoms with E-state index in [9.17, 15) is 9.59 Å². The summed E-state index contributed by atoms with van der Waals surface area (Å²) in [5, 5.41) is 3.35. The quantitative estimate of drug-likeness (QED) is 0.802. The number of nitrogens with zero attached hydrogens (tertiary/aromatic N) is 2. The van der Waals surface area contributed by atoms with Crippen LogP contribution in [0.5, 0.6) is 0 Å². The minimum atomic E-state index is -0.421. The number of likely N-dealkylation sites (N-methyl/N-ethyl adjacent to an activating group) is 1. The van der Waals surface area contributed by atoms with Crippen molar-refractivity contribution in [3.63, 3.8) is 0 Å². The van der Waals surface area contributed by atoms with Gasteiger partial charge in [-0.05, 0) is 30.5 Å². The van der Waals surface area contributed by atoms with Crippen molar-refractivity contribution < 1.29 is 9.59 Å². The van der Waals surface area contributed by atoms with Gasteiger partial charge in [-0.2, -0.15) is 0 Å². The van der Waals surface area contributed by atoms with E-state index in [1.165, 1.54) is 10.5 Å². The first-order valence-electron chi connectivity index (χ1n) is 7.05. The molecule has 2 saturated heterocycles. The van der Waals surface area contributed by atoms with Crippen molar-refractivity contribution in [2.45, 2.75) is 12.3 Å². The molecule has 0 spiro atoms. The smallest absolute Gasteiger partial charge is 0.316 e. The van der Waals surface area contributed by atoms with Gasteiger partial charge in [-0.15, -0.1) is 0 Å². The van der Waals surface area contributed by atoms with E-state index in [2.05, 4.69) is 11.4 Å². The second kappa shape index (κ2) is 5.25. The van der Waals surface area contributed by atoms with E-state index in [-0.39, 0.29) is 0 Å². The lowest BCUT2D eigenvalue weighted by Gasteiger charge is -2.33. The fraction of sp³-hybridized carbons (Fsp3) is 0.467. The Hall–Kier alpha value is -1.88. The molecular formula is C15H19N3O2. The van der Waals surface area contributed by atoms with E-state index in [4.69, 9.17) is 0 Å². The van der Waals surface area contributed by atoms with Gasteiger partial charge in [-0.3, -0.25) is 9.59 Å². The highest BCUT2D eigenvalue weighted by atomic mass is 16.2. The Balaban J connectivity index is 1.93. The van der Waals surface area contributed by atoms with Crippen LogP contribution in [0.1, 0.15) is 17.9 Å². The summed E-state index contributed by atoms with van der Waals surface area (Å²) in [5.41, 5.74) is 2.07. The van der Waals surface area contributed by atoms with Crippen LogP contribution < -0.4 is 10.2 Å². The molecule has 20 heavy (non-hydrogen) atoms. The molecule has 1 N–H and O–H groups in total. The normalized spacial score (nSPS) is 23.6. The standard InChI is InChI=1S/C15H19N3O2/c1-17-8-9-18(15(20)14(17)19)13-5-3-2-4-12(13)11-6-7-16-10-11/h2-5,11,16H,6-10H2,1H3. The van der Waals surface area contributed by atoms with Crippen LogP contribution in [0.15, 0.2) is 24.3 Å². The number of benzene rings is 1. The highest BCUT2D eigenvalue weighted by molar-refractivity contribution is 6.41. The Morgan fingerprint density at radius 3 is 2.70 bits per heavy atom. The first-order valence-corrected chi connectivity index (χ1v) is 7.05. The van der Waals surface area contributed by atoms with E-state index in [1.807, 2.05) is 18.2 Å². The minimum Gasteiger partial charge on any atom is -0.336 e. The molecule has 0 saturated carbocycles. The van der Waals surface area contributed by atoms with Crippen LogP contribution in [0, 0.1) is 0 Å². The van der Waals surface area contributed by atoms with Gasteiger partial charge >= 0.3 is 11.8 Å². The number of amides is 2. The van der Waals surface area contributed by atoms with Crippen molar-refractivity contribution in [2.24, 2.45) is 0 Å². The molecule has 5 heteroatoms. The van der Waals surface area contributed by atoms with Gasteiger partial charge in [-0.1, -0.05) is 18.2 Å². The molecule has 106 valence electrons. The maximum absolute atomic E-state index is 12.2. The van der Waals surface area contributed by atoms with Crippen molar-refractivity contribution in [2.75, 3.05) is 38.1 Å². The Bertz CT molecular complexity index is 538. The molecule has 2 aliphatic heterocycles. The first-order chi connectivity index (χ1) is 9.68. The summed E-state index contributed by atoms with van der Waals surface area (Å²) in [6.07, 6.45) is 1.08. The number of nitrogens with one attached hydrogen (secondary N) is 1. The van der Waals surface area contributed by atoms with Crippen LogP contribution in [0.25, 0.3) is 0 Å². The number of piperazine rings is 1. The maximum atomic E-state index is 12.2. The van der Waals surface area contributed by atoms with Crippen molar-refractivity contribution in [1.82, 2.24) is 10.2 Å². The minimum absolute atomic E-state index is 0.419. The number of carbonyl (C=O) groups is 2. The fourth-order valence-electron chi connectivity index (χ4n) is 2.96. The van der Waals surface area contributed by atoms with Gasteiger partial charge in [0.2, 0.25) is 0 Å². The monoisotopic (exact) mass is 273 g/mol. The van der Waals surface area contributed by atoms with Crippen molar-refractivity contribution in [3.05, 3.63) is 29.8 Å². The molecule has 0 aromatic heterocycles. The van der Waals surface area contributed by atoms with Crippen LogP contribution in [-0.4, -0.2) is 49.9 Å². The Morgan fingerprint density at radius 2 is 1.95 bits per heavy atom. The highest BCUT2D eigenvalue weighted by Crippen LogP contribution is 2.32. The van der Waals surface area contributed by atoms with E-state index in [0.717, 1.165) is 25.2 Å². The topological polar surface area (TPSA) is 52.6 Å². The molecule has 5 nitrogen and oxygen atoms in total. The van der Waals surface area contributed by atoms with Crippen LogP contribution in [0.2, 0.25) is 0 Å². The van der Waals surface area contributed by atoms with Gasteiger partial charge in [0.05, 0.1) is 0 Å². The second-order valence-corrected chi connectivity index (χ2v) is 5.43.